The van der Waals surface area contributed by atoms with Gasteiger partial charge in [0.05, 0.1) is 25.7 Å². The monoisotopic (exact) mass is 300 g/mol. The Kier molecular flexibility index (Phi) is 6.45. The third-order valence-electron chi connectivity index (χ3n) is 3.57. The van der Waals surface area contributed by atoms with Gasteiger partial charge in [0.15, 0.2) is 0 Å². The van der Waals surface area contributed by atoms with Gasteiger partial charge in [-0.05, 0) is 18.3 Å². The first-order valence-corrected chi connectivity index (χ1v) is 7.59. The van der Waals surface area contributed by atoms with E-state index in [-0.39, 0.29) is 30.0 Å². The molecule has 1 heterocycles. The maximum absolute atomic E-state index is 12.4. The first-order valence-electron chi connectivity index (χ1n) is 7.59. The van der Waals surface area contributed by atoms with E-state index in [1.165, 1.54) is 0 Å². The van der Waals surface area contributed by atoms with Crippen molar-refractivity contribution in [1.82, 2.24) is 10.2 Å². The maximum atomic E-state index is 12.4. The van der Waals surface area contributed by atoms with Crippen molar-refractivity contribution in [3.63, 3.8) is 0 Å². The summed E-state index contributed by atoms with van der Waals surface area (Å²) in [5, 5.41) is 11.9. The van der Waals surface area contributed by atoms with Crippen LogP contribution < -0.4 is 5.32 Å². The molecule has 0 bridgehead atoms. The lowest BCUT2D eigenvalue weighted by molar-refractivity contribution is -0.137. The predicted octanol–water partition coefficient (Wildman–Crippen LogP) is 2.09. The molecule has 1 aliphatic rings. The van der Waals surface area contributed by atoms with Gasteiger partial charge in [-0.3, -0.25) is 4.79 Å². The maximum Gasteiger partial charge on any atom is 0.318 e. The first kappa shape index (κ1) is 17.8. The zero-order chi connectivity index (χ0) is 16.0. The number of carbonyl (C=O) groups is 2. The summed E-state index contributed by atoms with van der Waals surface area (Å²) in [7, 11) is 0. The van der Waals surface area contributed by atoms with Gasteiger partial charge in [0.25, 0.3) is 0 Å². The number of rotatable bonds is 5. The Labute approximate surface area is 126 Å². The number of carbonyl (C=O) groups excluding carboxylic acids is 1. The van der Waals surface area contributed by atoms with E-state index in [9.17, 15) is 9.59 Å². The van der Waals surface area contributed by atoms with Crippen molar-refractivity contribution in [3.8, 4) is 0 Å². The third kappa shape index (κ3) is 6.33. The number of carboxylic acids is 1. The quantitative estimate of drug-likeness (QED) is 0.815. The van der Waals surface area contributed by atoms with Crippen molar-refractivity contribution in [2.45, 2.75) is 59.0 Å². The van der Waals surface area contributed by atoms with E-state index >= 15 is 0 Å². The molecule has 122 valence electrons. The molecule has 6 nitrogen and oxygen atoms in total. The molecule has 0 aromatic rings. The van der Waals surface area contributed by atoms with Crippen molar-refractivity contribution in [2.24, 2.45) is 5.41 Å². The molecule has 1 saturated heterocycles. The van der Waals surface area contributed by atoms with Gasteiger partial charge >= 0.3 is 12.0 Å². The first-order chi connectivity index (χ1) is 9.73. The number of nitrogens with one attached hydrogen (secondary N) is 1. The smallest absolute Gasteiger partial charge is 0.318 e. The Hall–Kier alpha value is -1.30. The lowest BCUT2D eigenvalue weighted by atomic mass is 9.87. The van der Waals surface area contributed by atoms with Crippen LogP contribution in [0, 0.1) is 5.41 Å². The average molecular weight is 300 g/mol. The summed E-state index contributed by atoms with van der Waals surface area (Å²) in [6.07, 6.45) is 1.41. The Morgan fingerprint density at radius 3 is 2.62 bits per heavy atom. The van der Waals surface area contributed by atoms with E-state index in [0.29, 0.717) is 26.2 Å². The van der Waals surface area contributed by atoms with Gasteiger partial charge in [-0.15, -0.1) is 0 Å². The molecule has 0 spiro atoms. The summed E-state index contributed by atoms with van der Waals surface area (Å²) in [6, 6.07) is -0.463. The van der Waals surface area contributed by atoms with Crippen molar-refractivity contribution < 1.29 is 19.4 Å². The second-order valence-corrected chi connectivity index (χ2v) is 6.84. The van der Waals surface area contributed by atoms with E-state index in [1.807, 2.05) is 27.7 Å². The Balaban J connectivity index is 2.67. The minimum Gasteiger partial charge on any atom is -0.481 e. The standard InChI is InChI=1S/C15H28N2O4/c1-5-12-10-21-7-6-17(12)14(20)16-11(8-13(18)19)9-15(2,3)4/h11-12H,5-10H2,1-4H3,(H,16,20)(H,18,19). The third-order valence-corrected chi connectivity index (χ3v) is 3.57. The van der Waals surface area contributed by atoms with Gasteiger partial charge in [0, 0.05) is 12.6 Å². The molecule has 2 unspecified atom stereocenters. The topological polar surface area (TPSA) is 78.9 Å². The molecular formula is C15H28N2O4. The van der Waals surface area contributed by atoms with Gasteiger partial charge in [0.2, 0.25) is 0 Å². The molecule has 1 rings (SSSR count). The highest BCUT2D eigenvalue weighted by atomic mass is 16.5. The molecule has 21 heavy (non-hydrogen) atoms. The molecule has 0 aromatic heterocycles. The number of urea groups is 1. The highest BCUT2D eigenvalue weighted by Gasteiger charge is 2.29. The summed E-state index contributed by atoms with van der Waals surface area (Å²) in [5.74, 6) is -0.890. The summed E-state index contributed by atoms with van der Waals surface area (Å²) in [5.41, 5.74) is -0.0391. The number of amides is 2. The molecule has 0 saturated carbocycles. The van der Waals surface area contributed by atoms with E-state index < -0.39 is 5.97 Å². The summed E-state index contributed by atoms with van der Waals surface area (Å²) >= 11 is 0. The number of ether oxygens (including phenoxy) is 1. The fraction of sp³-hybridized carbons (Fsp3) is 0.867. The molecule has 2 amide bonds. The molecule has 6 heteroatoms. The number of aliphatic carboxylic acids is 1. The molecule has 2 N–H and O–H groups in total. The van der Waals surface area contributed by atoms with Crippen LogP contribution >= 0.6 is 0 Å². The number of carboxylic acid groups (broad SMARTS) is 1. The van der Waals surface area contributed by atoms with Gasteiger partial charge in [-0.25, -0.2) is 4.79 Å². The zero-order valence-electron chi connectivity index (χ0n) is 13.5. The second-order valence-electron chi connectivity index (χ2n) is 6.84. The van der Waals surface area contributed by atoms with E-state index in [2.05, 4.69) is 5.32 Å². The van der Waals surface area contributed by atoms with E-state index in [1.54, 1.807) is 4.90 Å². The number of morpholine rings is 1. The average Bonchev–Trinajstić information content (AvgIpc) is 2.35. The van der Waals surface area contributed by atoms with Crippen LogP contribution in [0.25, 0.3) is 0 Å². The van der Waals surface area contributed by atoms with Crippen LogP contribution in [0.15, 0.2) is 0 Å². The fourth-order valence-electron chi connectivity index (χ4n) is 2.64. The predicted molar refractivity (Wildman–Crippen MR) is 80.2 cm³/mol. The van der Waals surface area contributed by atoms with Gasteiger partial charge in [-0.2, -0.15) is 0 Å². The fourth-order valence-corrected chi connectivity index (χ4v) is 2.64. The van der Waals surface area contributed by atoms with Gasteiger partial charge in [0.1, 0.15) is 0 Å². The molecule has 1 fully saturated rings. The lowest BCUT2D eigenvalue weighted by Gasteiger charge is -2.36. The van der Waals surface area contributed by atoms with Crippen LogP contribution in [0.2, 0.25) is 0 Å². The summed E-state index contributed by atoms with van der Waals surface area (Å²) < 4.78 is 5.39. The van der Waals surface area contributed by atoms with Crippen LogP contribution in [0.5, 0.6) is 0 Å². The molecule has 0 radical (unpaired) electrons. The summed E-state index contributed by atoms with van der Waals surface area (Å²) in [4.78, 5) is 25.2. The largest absolute Gasteiger partial charge is 0.481 e. The van der Waals surface area contributed by atoms with Crippen LogP contribution in [-0.2, 0) is 9.53 Å². The Morgan fingerprint density at radius 1 is 1.43 bits per heavy atom. The van der Waals surface area contributed by atoms with Crippen molar-refractivity contribution in [2.75, 3.05) is 19.8 Å². The zero-order valence-corrected chi connectivity index (χ0v) is 13.5. The van der Waals surface area contributed by atoms with Gasteiger partial charge < -0.3 is 20.1 Å². The minimum absolute atomic E-state index is 0.0391. The van der Waals surface area contributed by atoms with Crippen LogP contribution in [-0.4, -0.2) is 53.8 Å². The van der Waals surface area contributed by atoms with E-state index in [4.69, 9.17) is 9.84 Å². The second kappa shape index (κ2) is 7.64. The highest BCUT2D eigenvalue weighted by molar-refractivity contribution is 5.76. The van der Waals surface area contributed by atoms with Gasteiger partial charge in [-0.1, -0.05) is 27.7 Å². The SMILES string of the molecule is CCC1COCCN1C(=O)NC(CC(=O)O)CC(C)(C)C. The normalized spacial score (nSPS) is 21.0. The van der Waals surface area contributed by atoms with E-state index in [0.717, 1.165) is 6.42 Å². The molecule has 1 aliphatic heterocycles. The summed E-state index contributed by atoms with van der Waals surface area (Å²) in [6.45, 7) is 9.77. The minimum atomic E-state index is -0.890. The Morgan fingerprint density at radius 2 is 2.10 bits per heavy atom. The van der Waals surface area contributed by atoms with Crippen molar-refractivity contribution in [3.05, 3.63) is 0 Å². The molecule has 2 atom stereocenters. The molecule has 0 aliphatic carbocycles. The van der Waals surface area contributed by atoms with Crippen LogP contribution in [0.3, 0.4) is 0 Å². The highest BCUT2D eigenvalue weighted by Crippen LogP contribution is 2.22. The van der Waals surface area contributed by atoms with Crippen molar-refractivity contribution in [1.29, 1.82) is 0 Å². The number of hydrogen-bond acceptors (Lipinski definition) is 3. The van der Waals surface area contributed by atoms with Crippen LogP contribution in [0.4, 0.5) is 4.79 Å². The van der Waals surface area contributed by atoms with Crippen LogP contribution in [0.1, 0.15) is 47.0 Å². The van der Waals surface area contributed by atoms with Crippen molar-refractivity contribution >= 4 is 12.0 Å². The number of hydrogen-bond donors (Lipinski definition) is 2. The molecular weight excluding hydrogens is 272 g/mol. The number of nitrogens with zero attached hydrogens (tertiary/aromatic N) is 1. The Bertz CT molecular complexity index is 365. The molecule has 0 aromatic carbocycles. The lowest BCUT2D eigenvalue weighted by Crippen LogP contribution is -2.54.